The second kappa shape index (κ2) is 5.14. The van der Waals surface area contributed by atoms with Crippen LogP contribution in [0.25, 0.3) is 16.6 Å². The molecule has 1 fully saturated rings. The van der Waals surface area contributed by atoms with E-state index in [2.05, 4.69) is 9.97 Å². The molecule has 0 spiro atoms. The number of benzene rings is 1. The molecule has 114 valence electrons. The van der Waals surface area contributed by atoms with Gasteiger partial charge in [0.15, 0.2) is 0 Å². The molecular formula is C16H18N4O2. The monoisotopic (exact) mass is 298 g/mol. The van der Waals surface area contributed by atoms with E-state index in [-0.39, 0.29) is 11.9 Å². The number of hydrogen-bond acceptors (Lipinski definition) is 4. The van der Waals surface area contributed by atoms with Gasteiger partial charge in [-0.25, -0.2) is 4.98 Å². The molecular weight excluding hydrogens is 280 g/mol. The number of aliphatic hydroxyl groups is 1. The summed E-state index contributed by atoms with van der Waals surface area (Å²) in [7, 11) is 0. The Labute approximate surface area is 127 Å². The number of fused-ring (bicyclic) bond motifs is 1. The summed E-state index contributed by atoms with van der Waals surface area (Å²) in [6.07, 6.45) is 2.25. The van der Waals surface area contributed by atoms with Crippen molar-refractivity contribution in [1.29, 1.82) is 5.41 Å². The molecule has 1 aromatic heterocycles. The number of nitrogens with one attached hydrogen (secondary N) is 2. The van der Waals surface area contributed by atoms with Crippen molar-refractivity contribution in [3.8, 4) is 0 Å². The number of nitrogens with zero attached hydrogens (tertiary/aromatic N) is 2. The normalized spacial score (nSPS) is 22.3. The summed E-state index contributed by atoms with van der Waals surface area (Å²) in [5.74, 6) is 1.06. The van der Waals surface area contributed by atoms with Gasteiger partial charge in [0, 0.05) is 13.2 Å². The minimum Gasteiger partial charge on any atom is -0.510 e. The zero-order valence-electron chi connectivity index (χ0n) is 12.2. The number of hydrogen-bond donors (Lipinski definition) is 3. The summed E-state index contributed by atoms with van der Waals surface area (Å²) in [6, 6.07) is 7.70. The lowest BCUT2D eigenvalue weighted by Crippen LogP contribution is -2.34. The number of rotatable bonds is 3. The summed E-state index contributed by atoms with van der Waals surface area (Å²) in [5, 5.41) is 18.6. The Kier molecular flexibility index (Phi) is 3.11. The zero-order valence-corrected chi connectivity index (χ0v) is 12.2. The Balaban J connectivity index is 1.60. The van der Waals surface area contributed by atoms with Crippen LogP contribution in [-0.4, -0.2) is 51.6 Å². The van der Waals surface area contributed by atoms with Gasteiger partial charge in [0.1, 0.15) is 17.4 Å². The molecule has 2 aliphatic heterocycles. The molecule has 2 aromatic rings. The Morgan fingerprint density at radius 3 is 3.05 bits per heavy atom. The van der Waals surface area contributed by atoms with Gasteiger partial charge >= 0.3 is 0 Å². The topological polar surface area (TPSA) is 85.2 Å². The SMILES string of the molecule is N=C1C(c2nc3ccccc3[nH]2)=C(O)CN1C[C@H]1CCCO1. The lowest BCUT2D eigenvalue weighted by molar-refractivity contribution is 0.0924. The van der Waals surface area contributed by atoms with E-state index in [1.54, 1.807) is 0 Å². The smallest absolute Gasteiger partial charge is 0.145 e. The van der Waals surface area contributed by atoms with Gasteiger partial charge in [-0.1, -0.05) is 12.1 Å². The summed E-state index contributed by atoms with van der Waals surface area (Å²) in [4.78, 5) is 9.53. The average Bonchev–Trinajstić information content (AvgIpc) is 3.19. The lowest BCUT2D eigenvalue weighted by Gasteiger charge is -2.21. The third kappa shape index (κ3) is 2.16. The molecule has 1 saturated heterocycles. The molecule has 3 heterocycles. The van der Waals surface area contributed by atoms with Crippen LogP contribution in [0.1, 0.15) is 18.7 Å². The lowest BCUT2D eigenvalue weighted by atomic mass is 10.2. The second-order valence-electron chi connectivity index (χ2n) is 5.79. The molecule has 22 heavy (non-hydrogen) atoms. The molecule has 0 saturated carbocycles. The van der Waals surface area contributed by atoms with Crippen molar-refractivity contribution in [2.24, 2.45) is 0 Å². The summed E-state index contributed by atoms with van der Waals surface area (Å²) >= 11 is 0. The van der Waals surface area contributed by atoms with Gasteiger partial charge in [-0.15, -0.1) is 0 Å². The van der Waals surface area contributed by atoms with Crippen LogP contribution in [0, 0.1) is 5.41 Å². The van der Waals surface area contributed by atoms with Crippen molar-refractivity contribution in [3.05, 3.63) is 35.8 Å². The van der Waals surface area contributed by atoms with Gasteiger partial charge in [0.25, 0.3) is 0 Å². The molecule has 1 atom stereocenters. The second-order valence-corrected chi connectivity index (χ2v) is 5.79. The number of imidazole rings is 1. The number of para-hydroxylation sites is 2. The van der Waals surface area contributed by atoms with E-state index in [4.69, 9.17) is 10.1 Å². The maximum absolute atomic E-state index is 10.3. The molecule has 4 rings (SSSR count). The number of aromatic nitrogens is 2. The Morgan fingerprint density at radius 2 is 2.27 bits per heavy atom. The zero-order chi connectivity index (χ0) is 15.1. The number of aromatic amines is 1. The third-order valence-corrected chi connectivity index (χ3v) is 4.26. The molecule has 0 amide bonds. The van der Waals surface area contributed by atoms with E-state index in [0.29, 0.717) is 30.3 Å². The summed E-state index contributed by atoms with van der Waals surface area (Å²) in [5.41, 5.74) is 2.24. The largest absolute Gasteiger partial charge is 0.510 e. The van der Waals surface area contributed by atoms with Crippen molar-refractivity contribution in [2.75, 3.05) is 19.7 Å². The van der Waals surface area contributed by atoms with Crippen LogP contribution in [0.15, 0.2) is 30.0 Å². The van der Waals surface area contributed by atoms with Crippen molar-refractivity contribution >= 4 is 22.4 Å². The van der Waals surface area contributed by atoms with Crippen molar-refractivity contribution in [3.63, 3.8) is 0 Å². The van der Waals surface area contributed by atoms with Crippen molar-refractivity contribution in [2.45, 2.75) is 18.9 Å². The molecule has 0 unspecified atom stereocenters. The first-order valence-corrected chi connectivity index (χ1v) is 7.55. The van der Waals surface area contributed by atoms with Crippen LogP contribution >= 0.6 is 0 Å². The van der Waals surface area contributed by atoms with E-state index in [1.807, 2.05) is 29.2 Å². The molecule has 0 bridgehead atoms. The number of aliphatic hydroxyl groups excluding tert-OH is 1. The van der Waals surface area contributed by atoms with E-state index in [0.717, 1.165) is 30.5 Å². The van der Waals surface area contributed by atoms with E-state index < -0.39 is 0 Å². The highest BCUT2D eigenvalue weighted by atomic mass is 16.5. The highest BCUT2D eigenvalue weighted by Gasteiger charge is 2.32. The summed E-state index contributed by atoms with van der Waals surface area (Å²) < 4.78 is 5.63. The van der Waals surface area contributed by atoms with Crippen molar-refractivity contribution in [1.82, 2.24) is 14.9 Å². The molecule has 1 aromatic carbocycles. The first kappa shape index (κ1) is 13.3. The minimum atomic E-state index is 0.156. The van der Waals surface area contributed by atoms with Crippen LogP contribution in [0.2, 0.25) is 0 Å². The Morgan fingerprint density at radius 1 is 1.41 bits per heavy atom. The fraction of sp³-hybridized carbons (Fsp3) is 0.375. The van der Waals surface area contributed by atoms with E-state index in [1.165, 1.54) is 0 Å². The first-order chi connectivity index (χ1) is 10.7. The van der Waals surface area contributed by atoms with Gasteiger partial charge < -0.3 is 19.7 Å². The highest BCUT2D eigenvalue weighted by molar-refractivity contribution is 6.23. The maximum atomic E-state index is 10.3. The number of amidine groups is 1. The fourth-order valence-electron chi connectivity index (χ4n) is 3.14. The third-order valence-electron chi connectivity index (χ3n) is 4.26. The average molecular weight is 298 g/mol. The molecule has 6 nitrogen and oxygen atoms in total. The van der Waals surface area contributed by atoms with E-state index >= 15 is 0 Å². The predicted molar refractivity (Wildman–Crippen MR) is 83.9 cm³/mol. The molecule has 3 N–H and O–H groups in total. The van der Waals surface area contributed by atoms with Crippen LogP contribution in [0.4, 0.5) is 0 Å². The highest BCUT2D eigenvalue weighted by Crippen LogP contribution is 2.28. The van der Waals surface area contributed by atoms with Crippen LogP contribution in [0.3, 0.4) is 0 Å². The van der Waals surface area contributed by atoms with Crippen molar-refractivity contribution < 1.29 is 9.84 Å². The van der Waals surface area contributed by atoms with Crippen LogP contribution < -0.4 is 0 Å². The van der Waals surface area contributed by atoms with Gasteiger partial charge in [0.2, 0.25) is 0 Å². The molecule has 0 aliphatic carbocycles. The standard InChI is InChI=1S/C16H18N4O2/c17-15-14(16-18-11-5-1-2-6-12(11)19-16)13(21)9-20(15)8-10-4-3-7-22-10/h1-2,5-6,10,17,21H,3-4,7-9H2,(H,18,19)/t10-/m1/s1. The van der Waals surface area contributed by atoms with Gasteiger partial charge in [-0.3, -0.25) is 5.41 Å². The number of H-pyrrole nitrogens is 1. The first-order valence-electron chi connectivity index (χ1n) is 7.55. The summed E-state index contributed by atoms with van der Waals surface area (Å²) in [6.45, 7) is 1.79. The van der Waals surface area contributed by atoms with Crippen LogP contribution in [0.5, 0.6) is 0 Å². The Hall–Kier alpha value is -2.34. The van der Waals surface area contributed by atoms with E-state index in [9.17, 15) is 5.11 Å². The minimum absolute atomic E-state index is 0.156. The van der Waals surface area contributed by atoms with Gasteiger partial charge in [-0.05, 0) is 25.0 Å². The molecule has 6 heteroatoms. The van der Waals surface area contributed by atoms with Gasteiger partial charge in [0.05, 0.1) is 29.3 Å². The van der Waals surface area contributed by atoms with Gasteiger partial charge in [-0.2, -0.15) is 0 Å². The Bertz CT molecular complexity index is 725. The van der Waals surface area contributed by atoms with Crippen LogP contribution in [-0.2, 0) is 4.74 Å². The predicted octanol–water partition coefficient (Wildman–Crippen LogP) is 2.30. The maximum Gasteiger partial charge on any atom is 0.145 e. The molecule has 2 aliphatic rings. The molecule has 0 radical (unpaired) electrons. The number of ether oxygens (including phenoxy) is 1. The quantitative estimate of drug-likeness (QED) is 0.811. The fourth-order valence-corrected chi connectivity index (χ4v) is 3.14.